The van der Waals surface area contributed by atoms with E-state index in [9.17, 15) is 9.59 Å². The number of esters is 2. The number of ether oxygens (including phenoxy) is 2. The summed E-state index contributed by atoms with van der Waals surface area (Å²) in [5.74, 6) is -0.984. The Balaban J connectivity index is 2.02. The average molecular weight is 358 g/mol. The Morgan fingerprint density at radius 2 is 1.04 bits per heavy atom. The van der Waals surface area contributed by atoms with Crippen molar-refractivity contribution in [2.45, 2.75) is 26.1 Å². The zero-order chi connectivity index (χ0) is 19.1. The van der Waals surface area contributed by atoms with Crippen LogP contribution in [0.4, 0.5) is 0 Å². The van der Waals surface area contributed by atoms with Gasteiger partial charge in [0.25, 0.3) is 0 Å². The minimum Gasteiger partial charge on any atom is -0.459 e. The molecular weight excluding hydrogens is 336 g/mol. The molecular formula is C20H22O6. The molecule has 0 amide bonds. The highest BCUT2D eigenvalue weighted by molar-refractivity contribution is 5.91. The lowest BCUT2D eigenvalue weighted by Crippen LogP contribution is -2.15. The number of aliphatic hydroxyl groups excluding tert-OH is 2. The van der Waals surface area contributed by atoms with Gasteiger partial charge in [0.15, 0.2) is 0 Å². The lowest BCUT2D eigenvalue weighted by Gasteiger charge is -2.08. The Labute approximate surface area is 152 Å². The van der Waals surface area contributed by atoms with Crippen molar-refractivity contribution in [1.82, 2.24) is 0 Å². The van der Waals surface area contributed by atoms with Gasteiger partial charge in [-0.3, -0.25) is 0 Å². The first-order chi connectivity index (χ1) is 12.4. The number of hydrogen-bond acceptors (Lipinski definition) is 6. The van der Waals surface area contributed by atoms with Crippen molar-refractivity contribution in [2.75, 3.05) is 13.2 Å². The second-order valence-corrected chi connectivity index (χ2v) is 6.05. The van der Waals surface area contributed by atoms with Crippen molar-refractivity contribution in [1.29, 1.82) is 0 Å². The average Bonchev–Trinajstić information content (AvgIpc) is 2.64. The van der Waals surface area contributed by atoms with Crippen molar-refractivity contribution in [3.8, 4) is 11.1 Å². The fourth-order valence-corrected chi connectivity index (χ4v) is 2.16. The summed E-state index contributed by atoms with van der Waals surface area (Å²) in [6, 6.07) is 13.7. The molecule has 0 heterocycles. The molecule has 0 saturated heterocycles. The Hall–Kier alpha value is -2.70. The van der Waals surface area contributed by atoms with Crippen molar-refractivity contribution in [3.63, 3.8) is 0 Å². The smallest absolute Gasteiger partial charge is 0.338 e. The molecule has 0 aliphatic rings. The van der Waals surface area contributed by atoms with Crippen LogP contribution >= 0.6 is 0 Å². The van der Waals surface area contributed by atoms with Gasteiger partial charge in [-0.25, -0.2) is 9.59 Å². The Bertz CT molecular complexity index is 666. The molecule has 6 heteroatoms. The molecule has 0 aliphatic carbocycles. The van der Waals surface area contributed by atoms with Crippen LogP contribution in [0.2, 0.25) is 0 Å². The van der Waals surface area contributed by atoms with E-state index >= 15 is 0 Å². The third-order valence-corrected chi connectivity index (χ3v) is 3.49. The highest BCUT2D eigenvalue weighted by Crippen LogP contribution is 2.21. The first-order valence-electron chi connectivity index (χ1n) is 8.27. The van der Waals surface area contributed by atoms with Gasteiger partial charge in [0, 0.05) is 0 Å². The van der Waals surface area contributed by atoms with Crippen LogP contribution in [0.15, 0.2) is 48.5 Å². The first-order valence-corrected chi connectivity index (χ1v) is 8.27. The van der Waals surface area contributed by atoms with E-state index in [1.807, 2.05) is 0 Å². The van der Waals surface area contributed by atoms with Crippen LogP contribution in [-0.4, -0.2) is 47.6 Å². The molecule has 0 fully saturated rings. The summed E-state index contributed by atoms with van der Waals surface area (Å²) >= 11 is 0. The van der Waals surface area contributed by atoms with Crippen LogP contribution in [-0.2, 0) is 9.47 Å². The molecule has 2 aromatic carbocycles. The molecule has 2 unspecified atom stereocenters. The molecule has 0 aromatic heterocycles. The van der Waals surface area contributed by atoms with Crippen LogP contribution in [0.1, 0.15) is 34.6 Å². The molecule has 0 bridgehead atoms. The summed E-state index contributed by atoms with van der Waals surface area (Å²) in [5.41, 5.74) is 2.54. The van der Waals surface area contributed by atoms with Crippen molar-refractivity contribution >= 4 is 11.9 Å². The molecule has 0 saturated carbocycles. The maximum Gasteiger partial charge on any atom is 0.338 e. The summed E-state index contributed by atoms with van der Waals surface area (Å²) in [4.78, 5) is 23.6. The van der Waals surface area contributed by atoms with E-state index in [2.05, 4.69) is 0 Å². The molecule has 0 aliphatic heterocycles. The van der Waals surface area contributed by atoms with Gasteiger partial charge >= 0.3 is 11.9 Å². The van der Waals surface area contributed by atoms with Crippen LogP contribution in [0, 0.1) is 0 Å². The van der Waals surface area contributed by atoms with Crippen LogP contribution in [0.25, 0.3) is 11.1 Å². The van der Waals surface area contributed by atoms with Crippen molar-refractivity contribution in [3.05, 3.63) is 59.7 Å². The summed E-state index contributed by atoms with van der Waals surface area (Å²) in [5, 5.41) is 18.3. The predicted molar refractivity (Wildman–Crippen MR) is 95.8 cm³/mol. The van der Waals surface area contributed by atoms with E-state index in [0.29, 0.717) is 11.1 Å². The molecule has 6 nitrogen and oxygen atoms in total. The third-order valence-electron chi connectivity index (χ3n) is 3.49. The number of hydrogen-bond donors (Lipinski definition) is 2. The van der Waals surface area contributed by atoms with E-state index in [4.69, 9.17) is 19.7 Å². The number of aliphatic hydroxyl groups is 2. The highest BCUT2D eigenvalue weighted by Gasteiger charge is 2.11. The predicted octanol–water partition coefficient (Wildman–Crippen LogP) is 2.43. The molecule has 2 N–H and O–H groups in total. The van der Waals surface area contributed by atoms with Crippen LogP contribution in [0.5, 0.6) is 0 Å². The van der Waals surface area contributed by atoms with Crippen LogP contribution < -0.4 is 0 Å². The lowest BCUT2D eigenvalue weighted by molar-refractivity contribution is 0.0292. The molecule has 2 atom stereocenters. The first kappa shape index (κ1) is 19.6. The van der Waals surface area contributed by atoms with E-state index < -0.39 is 24.1 Å². The Morgan fingerprint density at radius 3 is 1.31 bits per heavy atom. The summed E-state index contributed by atoms with van der Waals surface area (Å²) < 4.78 is 9.92. The van der Waals surface area contributed by atoms with E-state index in [0.717, 1.165) is 11.1 Å². The Kier molecular flexibility index (Phi) is 6.89. The normalized spacial score (nSPS) is 12.9. The number of rotatable bonds is 7. The second kappa shape index (κ2) is 9.12. The molecule has 26 heavy (non-hydrogen) atoms. The quantitative estimate of drug-likeness (QED) is 0.739. The van der Waals surface area contributed by atoms with E-state index in [1.165, 1.54) is 0 Å². The third kappa shape index (κ3) is 5.68. The van der Waals surface area contributed by atoms with Crippen molar-refractivity contribution in [2.24, 2.45) is 0 Å². The van der Waals surface area contributed by atoms with Gasteiger partial charge in [-0.15, -0.1) is 0 Å². The maximum absolute atomic E-state index is 11.8. The fraction of sp³-hybridized carbons (Fsp3) is 0.300. The molecule has 2 aromatic rings. The lowest BCUT2D eigenvalue weighted by atomic mass is 10.0. The maximum atomic E-state index is 11.8. The van der Waals surface area contributed by atoms with Gasteiger partial charge in [-0.05, 0) is 49.2 Å². The minimum atomic E-state index is -0.705. The summed E-state index contributed by atoms with van der Waals surface area (Å²) in [7, 11) is 0. The minimum absolute atomic E-state index is 0.0484. The number of carbonyl (C=O) groups excluding carboxylic acids is 2. The Morgan fingerprint density at radius 1 is 0.731 bits per heavy atom. The van der Waals surface area contributed by atoms with Gasteiger partial charge < -0.3 is 19.7 Å². The zero-order valence-corrected chi connectivity index (χ0v) is 14.7. The van der Waals surface area contributed by atoms with Crippen LogP contribution in [0.3, 0.4) is 0 Å². The topological polar surface area (TPSA) is 93.1 Å². The van der Waals surface area contributed by atoms with Gasteiger partial charge in [0.05, 0.1) is 23.3 Å². The molecule has 0 spiro atoms. The number of benzene rings is 2. The highest BCUT2D eigenvalue weighted by atomic mass is 16.5. The fourth-order valence-electron chi connectivity index (χ4n) is 2.16. The second-order valence-electron chi connectivity index (χ2n) is 6.05. The molecule has 2 rings (SSSR count). The van der Waals surface area contributed by atoms with E-state index in [1.54, 1.807) is 62.4 Å². The largest absolute Gasteiger partial charge is 0.459 e. The summed E-state index contributed by atoms with van der Waals surface area (Å²) in [6.07, 6.45) is -1.41. The van der Waals surface area contributed by atoms with Gasteiger partial charge in [-0.2, -0.15) is 0 Å². The van der Waals surface area contributed by atoms with Crippen molar-refractivity contribution < 1.29 is 29.3 Å². The zero-order valence-electron chi connectivity index (χ0n) is 14.7. The van der Waals surface area contributed by atoms with Gasteiger partial charge in [-0.1, -0.05) is 24.3 Å². The SMILES string of the molecule is CC(O)COC(=O)c1ccc(-c2ccc(C(=O)OCC(C)O)cc2)cc1. The summed E-state index contributed by atoms with van der Waals surface area (Å²) in [6.45, 7) is 2.99. The molecule has 0 radical (unpaired) electrons. The number of carbonyl (C=O) groups is 2. The van der Waals surface area contributed by atoms with Gasteiger partial charge in [0.1, 0.15) is 13.2 Å². The van der Waals surface area contributed by atoms with Gasteiger partial charge in [0.2, 0.25) is 0 Å². The van der Waals surface area contributed by atoms with E-state index in [-0.39, 0.29) is 13.2 Å². The monoisotopic (exact) mass is 358 g/mol. The molecule has 138 valence electrons. The standard InChI is InChI=1S/C20H22O6/c1-13(21)11-25-19(23)17-7-3-15(4-8-17)16-5-9-18(10-6-16)20(24)26-12-14(2)22/h3-10,13-14,21-22H,11-12H2,1-2H3.